The number of ether oxygens (including phenoxy) is 2. The SMILES string of the molecule is O=[N+]([O-])c1ccc(Oc2ccnc(Cl)c2Cl)cn1.O=[N+]([O-])c1ccc(Oc2ccnc(N=C(c3ccccc3)c3ccccc3)c2Cl)cn1. The highest BCUT2D eigenvalue weighted by Crippen LogP contribution is 2.36. The molecule has 0 atom stereocenters. The second-order valence-corrected chi connectivity index (χ2v) is 10.6. The molecule has 0 aliphatic carbocycles. The van der Waals surface area contributed by atoms with E-state index in [4.69, 9.17) is 49.3 Å². The van der Waals surface area contributed by atoms with Crippen LogP contribution in [0, 0.1) is 20.2 Å². The van der Waals surface area contributed by atoms with Crippen LogP contribution in [0.3, 0.4) is 0 Å². The molecule has 6 rings (SSSR count). The number of aliphatic imine (C=N–C) groups is 1. The van der Waals surface area contributed by atoms with Crippen molar-refractivity contribution in [1.82, 2.24) is 19.9 Å². The maximum atomic E-state index is 10.8. The van der Waals surface area contributed by atoms with E-state index in [0.717, 1.165) is 11.1 Å². The highest BCUT2D eigenvalue weighted by molar-refractivity contribution is 6.42. The van der Waals surface area contributed by atoms with Crippen LogP contribution < -0.4 is 9.47 Å². The first-order chi connectivity index (χ1) is 23.7. The molecule has 0 amide bonds. The minimum Gasteiger partial charge on any atom is -0.452 e. The lowest BCUT2D eigenvalue weighted by molar-refractivity contribution is -0.389. The van der Waals surface area contributed by atoms with Crippen molar-refractivity contribution < 1.29 is 19.3 Å². The molecule has 0 aliphatic rings. The van der Waals surface area contributed by atoms with E-state index in [1.54, 1.807) is 6.07 Å². The summed E-state index contributed by atoms with van der Waals surface area (Å²) in [6.07, 6.45) is 5.45. The van der Waals surface area contributed by atoms with Gasteiger partial charge in [-0.1, -0.05) is 95.5 Å². The third-order valence-corrected chi connectivity index (χ3v) is 7.33. The molecule has 2 aromatic carbocycles. The van der Waals surface area contributed by atoms with Gasteiger partial charge < -0.3 is 29.7 Å². The maximum Gasteiger partial charge on any atom is 0.363 e. The molecule has 0 unspecified atom stereocenters. The van der Waals surface area contributed by atoms with Crippen molar-refractivity contribution in [2.75, 3.05) is 0 Å². The van der Waals surface area contributed by atoms with Gasteiger partial charge >= 0.3 is 11.6 Å². The third-order valence-electron chi connectivity index (χ3n) is 6.23. The molecule has 0 radical (unpaired) electrons. The van der Waals surface area contributed by atoms with E-state index in [1.165, 1.54) is 55.1 Å². The molecule has 0 spiro atoms. The van der Waals surface area contributed by atoms with E-state index in [1.807, 2.05) is 60.7 Å². The summed E-state index contributed by atoms with van der Waals surface area (Å²) in [5.41, 5.74) is 2.54. The molecule has 16 heteroatoms. The zero-order chi connectivity index (χ0) is 34.8. The first-order valence-corrected chi connectivity index (χ1v) is 15.0. The lowest BCUT2D eigenvalue weighted by Crippen LogP contribution is -2.03. The van der Waals surface area contributed by atoms with E-state index >= 15 is 0 Å². The third kappa shape index (κ3) is 9.08. The quantitative estimate of drug-likeness (QED) is 0.0608. The van der Waals surface area contributed by atoms with Gasteiger partial charge in [-0.15, -0.1) is 0 Å². The van der Waals surface area contributed by atoms with E-state index < -0.39 is 9.85 Å². The minimum absolute atomic E-state index is 0.115. The molecule has 4 heterocycles. The van der Waals surface area contributed by atoms with Crippen molar-refractivity contribution in [2.24, 2.45) is 4.99 Å². The van der Waals surface area contributed by atoms with Gasteiger partial charge in [0, 0.05) is 47.8 Å². The second-order valence-electron chi connectivity index (χ2n) is 9.48. The van der Waals surface area contributed by atoms with Crippen molar-refractivity contribution in [3.05, 3.63) is 168 Å². The van der Waals surface area contributed by atoms with Gasteiger partial charge in [0.1, 0.15) is 10.0 Å². The number of benzene rings is 2. The predicted octanol–water partition coefficient (Wildman–Crippen LogP) is 9.48. The van der Waals surface area contributed by atoms with Crippen LogP contribution in [0.5, 0.6) is 23.0 Å². The molecule has 4 aromatic heterocycles. The molecule has 0 bridgehead atoms. The number of hydrogen-bond acceptors (Lipinski definition) is 11. The molecule has 0 N–H and O–H groups in total. The van der Waals surface area contributed by atoms with Crippen LogP contribution in [-0.4, -0.2) is 35.5 Å². The average Bonchev–Trinajstić information content (AvgIpc) is 3.12. The Labute approximate surface area is 292 Å². The van der Waals surface area contributed by atoms with Crippen LogP contribution in [0.1, 0.15) is 11.1 Å². The van der Waals surface area contributed by atoms with Gasteiger partial charge in [0.2, 0.25) is 0 Å². The summed E-state index contributed by atoms with van der Waals surface area (Å²) in [4.78, 5) is 40.2. The zero-order valence-electron chi connectivity index (χ0n) is 24.8. The number of pyridine rings is 4. The van der Waals surface area contributed by atoms with Crippen LogP contribution in [0.15, 0.2) is 127 Å². The minimum atomic E-state index is -0.597. The van der Waals surface area contributed by atoms with Gasteiger partial charge in [-0.3, -0.25) is 0 Å². The standard InChI is InChI=1S/C23H15ClN4O3.C10H5Cl2N3O3/c24-21-19(31-18-11-12-20(26-15-18)28(29)30)13-14-25-23(21)27-22(16-7-3-1-4-8-16)17-9-5-2-6-10-17;11-9-7(3-4-13-10(9)12)18-6-1-2-8(14-5-6)15(16)17/h1-15H;1-5H. The normalized spacial score (nSPS) is 10.3. The smallest absolute Gasteiger partial charge is 0.363 e. The predicted molar refractivity (Wildman–Crippen MR) is 184 cm³/mol. The van der Waals surface area contributed by atoms with Gasteiger partial charge in [-0.05, 0) is 31.9 Å². The Morgan fingerprint density at radius 3 is 1.51 bits per heavy atom. The Balaban J connectivity index is 0.000000221. The Hall–Kier alpha value is -6.02. The summed E-state index contributed by atoms with van der Waals surface area (Å²) in [5.74, 6) is 0.982. The van der Waals surface area contributed by atoms with Crippen LogP contribution in [0.4, 0.5) is 17.5 Å². The fourth-order valence-electron chi connectivity index (χ4n) is 3.98. The molecular weight excluding hydrogens is 697 g/mol. The molecule has 49 heavy (non-hydrogen) atoms. The monoisotopic (exact) mass is 715 g/mol. The first kappa shape index (κ1) is 34.3. The average molecular weight is 717 g/mol. The topological polar surface area (TPSA) is 169 Å². The maximum absolute atomic E-state index is 10.8. The van der Waals surface area contributed by atoms with Gasteiger partial charge in [-0.25, -0.2) is 15.0 Å². The first-order valence-electron chi connectivity index (χ1n) is 13.9. The van der Waals surface area contributed by atoms with Gasteiger partial charge in [0.15, 0.2) is 46.4 Å². The number of hydrogen-bond donors (Lipinski definition) is 0. The van der Waals surface area contributed by atoms with Crippen LogP contribution in [-0.2, 0) is 0 Å². The molecular formula is C33H20Cl3N7O6. The fraction of sp³-hybridized carbons (Fsp3) is 0. The van der Waals surface area contributed by atoms with Gasteiger partial charge in [0.25, 0.3) is 0 Å². The molecule has 13 nitrogen and oxygen atoms in total. The van der Waals surface area contributed by atoms with E-state index in [9.17, 15) is 20.2 Å². The van der Waals surface area contributed by atoms with Crippen molar-refractivity contribution in [3.8, 4) is 23.0 Å². The molecule has 0 fully saturated rings. The van der Waals surface area contributed by atoms with Crippen molar-refractivity contribution in [2.45, 2.75) is 0 Å². The Kier molecular flexibility index (Phi) is 11.3. The van der Waals surface area contributed by atoms with E-state index in [-0.39, 0.29) is 32.7 Å². The molecule has 6 aromatic rings. The molecule has 244 valence electrons. The Morgan fingerprint density at radius 1 is 0.592 bits per heavy atom. The largest absolute Gasteiger partial charge is 0.452 e. The zero-order valence-corrected chi connectivity index (χ0v) is 27.0. The lowest BCUT2D eigenvalue weighted by Gasteiger charge is -2.10. The van der Waals surface area contributed by atoms with Crippen LogP contribution in [0.25, 0.3) is 0 Å². The number of aromatic nitrogens is 4. The molecule has 0 saturated carbocycles. The highest BCUT2D eigenvalue weighted by Gasteiger charge is 2.15. The number of halogens is 3. The Bertz CT molecular complexity index is 2070. The number of nitro groups is 2. The van der Waals surface area contributed by atoms with Gasteiger partial charge in [-0.2, -0.15) is 0 Å². The Morgan fingerprint density at radius 2 is 1.06 bits per heavy atom. The van der Waals surface area contributed by atoms with Gasteiger partial charge in [0.05, 0.1) is 5.71 Å². The van der Waals surface area contributed by atoms with E-state index in [0.29, 0.717) is 28.7 Å². The summed E-state index contributed by atoms with van der Waals surface area (Å²) in [6, 6.07) is 27.9. The lowest BCUT2D eigenvalue weighted by atomic mass is 10.0. The fourth-order valence-corrected chi connectivity index (χ4v) is 4.47. The number of rotatable bonds is 9. The summed E-state index contributed by atoms with van der Waals surface area (Å²) in [5, 5.41) is 21.7. The van der Waals surface area contributed by atoms with Crippen molar-refractivity contribution >= 4 is 58.0 Å². The second kappa shape index (κ2) is 16.2. The summed E-state index contributed by atoms with van der Waals surface area (Å²) in [6.45, 7) is 0. The van der Waals surface area contributed by atoms with Crippen LogP contribution >= 0.6 is 34.8 Å². The highest BCUT2D eigenvalue weighted by atomic mass is 35.5. The summed E-state index contributed by atoms with van der Waals surface area (Å²) in [7, 11) is 0. The summed E-state index contributed by atoms with van der Waals surface area (Å²) < 4.78 is 11.1. The van der Waals surface area contributed by atoms with Crippen molar-refractivity contribution in [3.63, 3.8) is 0 Å². The van der Waals surface area contributed by atoms with E-state index in [2.05, 4.69) is 19.9 Å². The number of nitrogens with zero attached hydrogens (tertiary/aromatic N) is 7. The van der Waals surface area contributed by atoms with Crippen molar-refractivity contribution in [1.29, 1.82) is 0 Å². The molecule has 0 aliphatic heterocycles. The van der Waals surface area contributed by atoms with Crippen LogP contribution in [0.2, 0.25) is 15.2 Å². The molecule has 0 saturated heterocycles. The summed E-state index contributed by atoms with van der Waals surface area (Å²) >= 11 is 18.1.